The number of hydrogen-bond acceptors (Lipinski definition) is 13. The smallest absolute Gasteiger partial charge is 0.312 e. The molecule has 1 amide bonds. The lowest BCUT2D eigenvalue weighted by Gasteiger charge is -2.57. The molecule has 0 bridgehead atoms. The van der Waals surface area contributed by atoms with Crippen molar-refractivity contribution < 1.29 is 32.7 Å². The zero-order valence-electron chi connectivity index (χ0n) is 37.2. The Bertz CT molecular complexity index is 2660. The van der Waals surface area contributed by atoms with Crippen molar-refractivity contribution in [1.82, 2.24) is 24.6 Å². The number of piperidine rings is 1. The van der Waals surface area contributed by atoms with Crippen LogP contribution in [0, 0.1) is 21.4 Å². The molecule has 4 fully saturated rings. The second-order valence-electron chi connectivity index (χ2n) is 19.1. The summed E-state index contributed by atoms with van der Waals surface area (Å²) >= 11 is 0. The van der Waals surface area contributed by atoms with Gasteiger partial charge in [0, 0.05) is 61.6 Å². The maximum absolute atomic E-state index is 14.0. The highest BCUT2D eigenvalue weighted by Crippen LogP contribution is 2.53. The molecule has 4 aliphatic rings. The van der Waals surface area contributed by atoms with Crippen LogP contribution in [0.5, 0.6) is 11.5 Å². The van der Waals surface area contributed by atoms with Crippen LogP contribution < -0.4 is 19.7 Å². The van der Waals surface area contributed by atoms with Crippen LogP contribution >= 0.6 is 0 Å². The van der Waals surface area contributed by atoms with Crippen LogP contribution in [-0.4, -0.2) is 95.2 Å². The number of H-pyrrole nitrogens is 1. The number of carbonyl (C=O) groups is 1. The fraction of sp³-hybridized carbons (Fsp3) is 0.479. The number of carbonyl (C=O) groups excluding carboxylic acids is 1. The summed E-state index contributed by atoms with van der Waals surface area (Å²) < 4.78 is 41.9. The van der Waals surface area contributed by atoms with E-state index in [1.165, 1.54) is 17.3 Å². The number of fused-ring (bicyclic) bond motifs is 1. The Morgan fingerprint density at radius 1 is 1.03 bits per heavy atom. The van der Waals surface area contributed by atoms with Gasteiger partial charge in [0.25, 0.3) is 15.9 Å². The summed E-state index contributed by atoms with van der Waals surface area (Å²) in [5.41, 5.74) is 3.20. The molecular formula is C48H58N8O8S. The summed E-state index contributed by atoms with van der Waals surface area (Å²) in [6.07, 6.45) is 11.3. The molecule has 16 nitrogen and oxygen atoms in total. The van der Waals surface area contributed by atoms with Crippen molar-refractivity contribution in [2.24, 2.45) is 11.3 Å². The first-order valence-electron chi connectivity index (χ1n) is 22.8. The second kappa shape index (κ2) is 18.0. The van der Waals surface area contributed by atoms with Gasteiger partial charge < -0.3 is 29.8 Å². The Labute approximate surface area is 379 Å². The fourth-order valence-corrected chi connectivity index (χ4v) is 11.3. The van der Waals surface area contributed by atoms with E-state index >= 15 is 0 Å². The predicted octanol–water partition coefficient (Wildman–Crippen LogP) is 8.08. The third kappa shape index (κ3) is 9.55. The van der Waals surface area contributed by atoms with E-state index in [2.05, 4.69) is 72.9 Å². The molecule has 0 unspecified atom stereocenters. The number of sulfonamides is 1. The number of aromatic nitrogens is 3. The van der Waals surface area contributed by atoms with Crippen molar-refractivity contribution in [3.05, 3.63) is 106 Å². The number of nitrogens with zero attached hydrogens (tertiary/aromatic N) is 5. The third-order valence-electron chi connectivity index (χ3n) is 14.3. The number of hydrogen-bond donors (Lipinski definition) is 4. The molecule has 5 heterocycles. The predicted molar refractivity (Wildman–Crippen MR) is 247 cm³/mol. The van der Waals surface area contributed by atoms with Crippen LogP contribution in [-0.2, 0) is 14.8 Å². The molecule has 2 aromatic carbocycles. The lowest BCUT2D eigenvalue weighted by Crippen LogP contribution is -2.58. The molecule has 4 N–H and O–H groups in total. The first-order chi connectivity index (χ1) is 31.2. The van der Waals surface area contributed by atoms with Gasteiger partial charge in [0.1, 0.15) is 22.0 Å². The van der Waals surface area contributed by atoms with E-state index in [-0.39, 0.29) is 34.5 Å². The average molecular weight is 907 g/mol. The minimum absolute atomic E-state index is 0.0480. The van der Waals surface area contributed by atoms with Gasteiger partial charge in [-0.3, -0.25) is 19.8 Å². The topological polar surface area (TPSA) is 205 Å². The Morgan fingerprint density at radius 2 is 1.80 bits per heavy atom. The molecule has 1 spiro atoms. The maximum Gasteiger partial charge on any atom is 0.312 e. The zero-order chi connectivity index (χ0) is 45.5. The van der Waals surface area contributed by atoms with E-state index in [9.17, 15) is 28.4 Å². The minimum Gasteiger partial charge on any atom is -0.455 e. The van der Waals surface area contributed by atoms with Crippen molar-refractivity contribution >= 4 is 44.2 Å². The summed E-state index contributed by atoms with van der Waals surface area (Å²) in [5, 5.41) is 26.2. The fourth-order valence-electron chi connectivity index (χ4n) is 10.4. The third-order valence-corrected chi connectivity index (χ3v) is 15.6. The molecule has 2 saturated heterocycles. The number of benzene rings is 2. The van der Waals surface area contributed by atoms with Crippen LogP contribution in [0.3, 0.4) is 0 Å². The zero-order valence-corrected chi connectivity index (χ0v) is 38.0. The molecule has 2 aliphatic carbocycles. The number of ether oxygens (including phenoxy) is 2. The number of amides is 1. The van der Waals surface area contributed by atoms with E-state index < -0.39 is 37.0 Å². The number of nitrogens with one attached hydrogen (secondary N) is 3. The second-order valence-corrected chi connectivity index (χ2v) is 20.8. The molecule has 2 aliphatic heterocycles. The van der Waals surface area contributed by atoms with Crippen LogP contribution in [0.25, 0.3) is 11.0 Å². The number of rotatable bonds is 13. The standard InChI is InChI=1S/C48H58N8O8S/c1-31(2)38-6-4-5-7-39(38)42-30-63-21-20-55(42)35-25-48(26-35)15-18-54(19-16-48)34-8-9-40(43(23-34)64-36-22-33-12-17-49-44(33)51-28-36)46(57)53-65(61,62)37-24-41(56(59)60)45(52-29-37)50-27-32-10-13-47(3,58)14-11-32/h4-9,12,17,22-24,28-29,31-32,35,42,58H,10-11,13-16,18-21,25-27,30H2,1-3H3,(H,49,51)(H,50,52)(H,53,57)/t32-,42-,47+/m0/s1. The highest BCUT2D eigenvalue weighted by atomic mass is 32.2. The Balaban J connectivity index is 0.898. The normalized spacial score (nSPS) is 22.8. The maximum atomic E-state index is 14.0. The van der Waals surface area contributed by atoms with Crippen LogP contribution in [0.15, 0.2) is 84.1 Å². The number of morpholine rings is 1. The van der Waals surface area contributed by atoms with Crippen LogP contribution in [0.2, 0.25) is 0 Å². The van der Waals surface area contributed by atoms with Gasteiger partial charge in [-0.05, 0) is 111 Å². The summed E-state index contributed by atoms with van der Waals surface area (Å²) in [7, 11) is -4.63. The average Bonchev–Trinajstić information content (AvgIpc) is 3.76. The van der Waals surface area contributed by atoms with Gasteiger partial charge in [0.05, 0.1) is 47.7 Å². The molecule has 17 heteroatoms. The molecular weight excluding hydrogens is 849 g/mol. The molecule has 2 saturated carbocycles. The number of pyridine rings is 2. The van der Waals surface area contributed by atoms with E-state index in [0.29, 0.717) is 49.3 Å². The van der Waals surface area contributed by atoms with Gasteiger partial charge in [-0.25, -0.2) is 23.1 Å². The van der Waals surface area contributed by atoms with Crippen molar-refractivity contribution in [2.75, 3.05) is 49.6 Å². The van der Waals surface area contributed by atoms with E-state index in [1.54, 1.807) is 37.4 Å². The van der Waals surface area contributed by atoms with Gasteiger partial charge in [0.15, 0.2) is 0 Å². The minimum atomic E-state index is -4.63. The first-order valence-corrected chi connectivity index (χ1v) is 24.2. The number of aromatic amines is 1. The summed E-state index contributed by atoms with van der Waals surface area (Å²) in [5.74, 6) is 0.0227. The Kier molecular flexibility index (Phi) is 12.3. The van der Waals surface area contributed by atoms with Gasteiger partial charge >= 0.3 is 5.69 Å². The van der Waals surface area contributed by atoms with Crippen LogP contribution in [0.1, 0.15) is 106 Å². The summed E-state index contributed by atoms with van der Waals surface area (Å²) in [6, 6.07) is 19.2. The highest BCUT2D eigenvalue weighted by molar-refractivity contribution is 7.90. The molecule has 5 aromatic rings. The van der Waals surface area contributed by atoms with E-state index in [4.69, 9.17) is 9.47 Å². The molecule has 65 heavy (non-hydrogen) atoms. The van der Waals surface area contributed by atoms with Crippen molar-refractivity contribution in [3.63, 3.8) is 0 Å². The Hall–Kier alpha value is -5.62. The van der Waals surface area contributed by atoms with E-state index in [1.807, 2.05) is 6.07 Å². The summed E-state index contributed by atoms with van der Waals surface area (Å²) in [4.78, 5) is 41.4. The van der Waals surface area contributed by atoms with Gasteiger partial charge in [-0.2, -0.15) is 0 Å². The lowest BCUT2D eigenvalue weighted by molar-refractivity contribution is -0.384. The number of anilines is 2. The lowest BCUT2D eigenvalue weighted by atomic mass is 9.59. The summed E-state index contributed by atoms with van der Waals surface area (Å²) in [6.45, 7) is 10.7. The number of aliphatic hydroxyl groups is 1. The SMILES string of the molecule is CC(C)c1ccccc1[C@@H]1COCCN1C1CC2(CCN(c3ccc(C(=O)NS(=O)(=O)c4cnc(NC[C@H]5CC[C@@](C)(O)CC5)c([N+](=O)[O-])c4)c(Oc4cnc5[nH]ccc5c4)c3)CC2)C1. The largest absolute Gasteiger partial charge is 0.455 e. The first kappa shape index (κ1) is 44.6. The van der Waals surface area contributed by atoms with Gasteiger partial charge in [-0.1, -0.05) is 38.1 Å². The van der Waals surface area contributed by atoms with Crippen molar-refractivity contribution in [3.8, 4) is 11.5 Å². The van der Waals surface area contributed by atoms with Gasteiger partial charge in [0.2, 0.25) is 5.82 Å². The molecule has 1 atom stereocenters. The highest BCUT2D eigenvalue weighted by Gasteiger charge is 2.50. The number of nitro groups is 1. The molecule has 3 aromatic heterocycles. The van der Waals surface area contributed by atoms with Crippen LogP contribution in [0.4, 0.5) is 17.2 Å². The van der Waals surface area contributed by atoms with Gasteiger partial charge in [-0.15, -0.1) is 0 Å². The van der Waals surface area contributed by atoms with Crippen molar-refractivity contribution in [1.29, 1.82) is 0 Å². The molecule has 0 radical (unpaired) electrons. The quantitative estimate of drug-likeness (QED) is 0.0653. The molecule has 344 valence electrons. The molecule has 9 rings (SSSR count). The monoisotopic (exact) mass is 906 g/mol. The Morgan fingerprint density at radius 3 is 2.55 bits per heavy atom. The van der Waals surface area contributed by atoms with E-state index in [0.717, 1.165) is 88.1 Å². The van der Waals surface area contributed by atoms with Crippen molar-refractivity contribution in [2.45, 2.75) is 101 Å².